The molecule has 0 N–H and O–H groups in total. The Morgan fingerprint density at radius 3 is 2.30 bits per heavy atom. The van der Waals surface area contributed by atoms with Crippen LogP contribution in [0.15, 0.2) is 10.7 Å². The van der Waals surface area contributed by atoms with E-state index in [1.165, 1.54) is 6.92 Å². The molecule has 0 fully saturated rings. The van der Waals surface area contributed by atoms with Crippen LogP contribution < -0.4 is 0 Å². The van der Waals surface area contributed by atoms with Crippen LogP contribution in [0, 0.1) is 6.92 Å². The van der Waals surface area contributed by atoms with E-state index < -0.39 is 11.7 Å². The van der Waals surface area contributed by atoms with Gasteiger partial charge in [0.25, 0.3) is 0 Å². The number of rotatable bonds is 0. The molecule has 0 bridgehead atoms. The van der Waals surface area contributed by atoms with Crippen molar-refractivity contribution in [2.75, 3.05) is 0 Å². The van der Waals surface area contributed by atoms with E-state index in [-0.39, 0.29) is 5.76 Å². The van der Waals surface area contributed by atoms with E-state index in [9.17, 15) is 13.2 Å². The number of nitrogens with zero attached hydrogens (tertiary/aromatic N) is 1. The maximum atomic E-state index is 11.8. The van der Waals surface area contributed by atoms with Gasteiger partial charge in [0.05, 0.1) is 6.20 Å². The molecule has 0 radical (unpaired) electrons. The van der Waals surface area contributed by atoms with Crippen LogP contribution in [0.1, 0.15) is 11.3 Å². The van der Waals surface area contributed by atoms with Crippen LogP contribution in [0.5, 0.6) is 0 Å². The van der Waals surface area contributed by atoms with Gasteiger partial charge in [-0.2, -0.15) is 13.2 Å². The summed E-state index contributed by atoms with van der Waals surface area (Å²) in [4.78, 5) is 0. The SMILES string of the molecule is Cc1oncc1C(F)(F)F. The molecule has 0 aliphatic rings. The van der Waals surface area contributed by atoms with Crippen LogP contribution in [0.3, 0.4) is 0 Å². The third-order valence-electron chi connectivity index (χ3n) is 1.06. The molecule has 2 nitrogen and oxygen atoms in total. The van der Waals surface area contributed by atoms with Gasteiger partial charge in [0.1, 0.15) is 11.3 Å². The molecule has 0 aliphatic carbocycles. The van der Waals surface area contributed by atoms with E-state index in [2.05, 4.69) is 9.68 Å². The number of aromatic nitrogens is 1. The maximum Gasteiger partial charge on any atom is 0.421 e. The Morgan fingerprint density at radius 2 is 2.10 bits per heavy atom. The summed E-state index contributed by atoms with van der Waals surface area (Å²) in [5, 5.41) is 2.99. The second-order valence-electron chi connectivity index (χ2n) is 1.79. The zero-order chi connectivity index (χ0) is 7.78. The molecule has 10 heavy (non-hydrogen) atoms. The Balaban J connectivity index is 3.05. The molecule has 56 valence electrons. The molecule has 1 aromatic rings. The molecule has 0 saturated carbocycles. The Hall–Kier alpha value is -1.00. The summed E-state index contributed by atoms with van der Waals surface area (Å²) in [6.07, 6.45) is -3.68. The fraction of sp³-hybridized carbons (Fsp3) is 0.400. The van der Waals surface area contributed by atoms with Gasteiger partial charge in [-0.05, 0) is 6.92 Å². The first-order valence-corrected chi connectivity index (χ1v) is 2.50. The van der Waals surface area contributed by atoms with E-state index in [4.69, 9.17) is 0 Å². The lowest BCUT2D eigenvalue weighted by Gasteiger charge is -2.00. The number of alkyl halides is 3. The first kappa shape index (κ1) is 7.11. The summed E-state index contributed by atoms with van der Waals surface area (Å²) < 4.78 is 39.6. The highest BCUT2D eigenvalue weighted by Gasteiger charge is 2.34. The van der Waals surface area contributed by atoms with Gasteiger partial charge < -0.3 is 4.52 Å². The molecule has 0 atom stereocenters. The lowest BCUT2D eigenvalue weighted by molar-refractivity contribution is -0.138. The molecule has 0 aliphatic heterocycles. The quantitative estimate of drug-likeness (QED) is 0.566. The number of aryl methyl sites for hydroxylation is 1. The summed E-state index contributed by atoms with van der Waals surface area (Å²) >= 11 is 0. The van der Waals surface area contributed by atoms with Gasteiger partial charge in [-0.3, -0.25) is 0 Å². The van der Waals surface area contributed by atoms with Crippen LogP contribution in [-0.2, 0) is 6.18 Å². The lowest BCUT2D eigenvalue weighted by Crippen LogP contribution is -2.04. The van der Waals surface area contributed by atoms with Crippen LogP contribution in [0.2, 0.25) is 0 Å². The van der Waals surface area contributed by atoms with Gasteiger partial charge in [-0.25, -0.2) is 0 Å². The van der Waals surface area contributed by atoms with Crippen molar-refractivity contribution < 1.29 is 17.7 Å². The molecular formula is C5H4F3NO. The van der Waals surface area contributed by atoms with E-state index in [1.807, 2.05) is 0 Å². The van der Waals surface area contributed by atoms with Gasteiger partial charge in [0.2, 0.25) is 0 Å². The van der Waals surface area contributed by atoms with Gasteiger partial charge >= 0.3 is 6.18 Å². The summed E-state index contributed by atoms with van der Waals surface area (Å²) in [6, 6.07) is 0. The third-order valence-corrected chi connectivity index (χ3v) is 1.06. The highest BCUT2D eigenvalue weighted by atomic mass is 19.4. The molecule has 0 saturated heterocycles. The topological polar surface area (TPSA) is 26.0 Å². The van der Waals surface area contributed by atoms with E-state index in [0.29, 0.717) is 6.20 Å². The largest absolute Gasteiger partial charge is 0.421 e. The summed E-state index contributed by atoms with van der Waals surface area (Å²) in [6.45, 7) is 1.22. The highest BCUT2D eigenvalue weighted by molar-refractivity contribution is 5.14. The van der Waals surface area contributed by atoms with Crippen LogP contribution >= 0.6 is 0 Å². The van der Waals surface area contributed by atoms with Crippen molar-refractivity contribution in [3.05, 3.63) is 17.5 Å². The van der Waals surface area contributed by atoms with Crippen molar-refractivity contribution in [3.8, 4) is 0 Å². The Labute approximate surface area is 54.6 Å². The summed E-state index contributed by atoms with van der Waals surface area (Å²) in [7, 11) is 0. The van der Waals surface area contributed by atoms with Gasteiger partial charge in [0.15, 0.2) is 0 Å². The zero-order valence-corrected chi connectivity index (χ0v) is 5.07. The van der Waals surface area contributed by atoms with Crippen molar-refractivity contribution in [3.63, 3.8) is 0 Å². The Morgan fingerprint density at radius 1 is 1.50 bits per heavy atom. The molecule has 0 spiro atoms. The zero-order valence-electron chi connectivity index (χ0n) is 5.07. The van der Waals surface area contributed by atoms with Crippen LogP contribution in [0.25, 0.3) is 0 Å². The van der Waals surface area contributed by atoms with E-state index in [0.717, 1.165) is 0 Å². The van der Waals surface area contributed by atoms with Gasteiger partial charge in [0, 0.05) is 0 Å². The van der Waals surface area contributed by atoms with E-state index >= 15 is 0 Å². The summed E-state index contributed by atoms with van der Waals surface area (Å²) in [5.74, 6) is -0.201. The molecule has 0 amide bonds. The molecule has 1 heterocycles. The number of hydrogen-bond acceptors (Lipinski definition) is 2. The monoisotopic (exact) mass is 151 g/mol. The molecule has 0 aromatic carbocycles. The standard InChI is InChI=1S/C5H4F3NO/c1-3-4(2-9-10-3)5(6,7)8/h2H,1H3. The van der Waals surface area contributed by atoms with Crippen molar-refractivity contribution in [1.29, 1.82) is 0 Å². The number of halogens is 3. The Bertz CT molecular complexity index is 227. The second-order valence-corrected chi connectivity index (χ2v) is 1.79. The molecule has 1 aromatic heterocycles. The first-order valence-electron chi connectivity index (χ1n) is 2.50. The Kier molecular flexibility index (Phi) is 1.42. The third kappa shape index (κ3) is 1.12. The second kappa shape index (κ2) is 2.00. The lowest BCUT2D eigenvalue weighted by atomic mass is 10.3. The van der Waals surface area contributed by atoms with E-state index in [1.54, 1.807) is 0 Å². The fourth-order valence-corrected chi connectivity index (χ4v) is 0.571. The first-order chi connectivity index (χ1) is 4.52. The van der Waals surface area contributed by atoms with Crippen molar-refractivity contribution in [2.45, 2.75) is 13.1 Å². The van der Waals surface area contributed by atoms with Crippen LogP contribution in [-0.4, -0.2) is 5.16 Å². The molecule has 5 heteroatoms. The van der Waals surface area contributed by atoms with Gasteiger partial charge in [-0.1, -0.05) is 5.16 Å². The average Bonchev–Trinajstić information content (AvgIpc) is 2.11. The van der Waals surface area contributed by atoms with Crippen LogP contribution in [0.4, 0.5) is 13.2 Å². The smallest absolute Gasteiger partial charge is 0.361 e. The van der Waals surface area contributed by atoms with Gasteiger partial charge in [-0.15, -0.1) is 0 Å². The van der Waals surface area contributed by atoms with Crippen molar-refractivity contribution in [2.24, 2.45) is 0 Å². The molecule has 1 rings (SSSR count). The minimum absolute atomic E-state index is 0.201. The fourth-order valence-electron chi connectivity index (χ4n) is 0.571. The summed E-state index contributed by atoms with van der Waals surface area (Å²) in [5.41, 5.74) is -0.812. The molecule has 0 unspecified atom stereocenters. The predicted octanol–water partition coefficient (Wildman–Crippen LogP) is 2.00. The minimum Gasteiger partial charge on any atom is -0.361 e. The minimum atomic E-state index is -4.34. The maximum absolute atomic E-state index is 11.8. The average molecular weight is 151 g/mol. The van der Waals surface area contributed by atoms with Crippen molar-refractivity contribution in [1.82, 2.24) is 5.16 Å². The normalized spacial score (nSPS) is 12.0. The van der Waals surface area contributed by atoms with Crippen molar-refractivity contribution >= 4 is 0 Å². The molecular weight excluding hydrogens is 147 g/mol. The predicted molar refractivity (Wildman–Crippen MR) is 26.2 cm³/mol. The highest BCUT2D eigenvalue weighted by Crippen LogP contribution is 2.30. The number of hydrogen-bond donors (Lipinski definition) is 0.